The lowest BCUT2D eigenvalue weighted by atomic mass is 10.1. The quantitative estimate of drug-likeness (QED) is 0.825. The van der Waals surface area contributed by atoms with Crippen LogP contribution in [0.15, 0.2) is 4.79 Å². The molecule has 0 bridgehead atoms. The van der Waals surface area contributed by atoms with Crippen molar-refractivity contribution in [2.45, 2.75) is 26.9 Å². The van der Waals surface area contributed by atoms with Gasteiger partial charge in [-0.25, -0.2) is 4.98 Å². The first-order chi connectivity index (χ1) is 9.08. The van der Waals surface area contributed by atoms with Gasteiger partial charge in [0.05, 0.1) is 35.7 Å². The molecule has 100 valence electrons. The van der Waals surface area contributed by atoms with Gasteiger partial charge in [0.25, 0.3) is 5.56 Å². The second kappa shape index (κ2) is 4.31. The van der Waals surface area contributed by atoms with Crippen LogP contribution in [0.2, 0.25) is 0 Å². The van der Waals surface area contributed by atoms with Crippen LogP contribution in [0.4, 0.5) is 0 Å². The zero-order valence-electron chi connectivity index (χ0n) is 11.3. The van der Waals surface area contributed by atoms with E-state index in [0.717, 1.165) is 22.6 Å². The van der Waals surface area contributed by atoms with Crippen LogP contribution in [0.3, 0.4) is 0 Å². The molecule has 2 aromatic rings. The van der Waals surface area contributed by atoms with Gasteiger partial charge in [-0.1, -0.05) is 0 Å². The van der Waals surface area contributed by atoms with Crippen LogP contribution < -0.4 is 5.56 Å². The summed E-state index contributed by atoms with van der Waals surface area (Å²) in [5, 5.41) is 4.36. The zero-order valence-corrected chi connectivity index (χ0v) is 11.3. The summed E-state index contributed by atoms with van der Waals surface area (Å²) in [7, 11) is 1.89. The fraction of sp³-hybridized carbons (Fsp3) is 0.462. The van der Waals surface area contributed by atoms with Gasteiger partial charge in [0, 0.05) is 19.2 Å². The summed E-state index contributed by atoms with van der Waals surface area (Å²) in [6.07, 6.45) is 0.685. The highest BCUT2D eigenvalue weighted by Crippen LogP contribution is 2.23. The normalized spacial score (nSPS) is 14.5. The van der Waals surface area contributed by atoms with E-state index in [0.29, 0.717) is 31.0 Å². The molecule has 0 fully saturated rings. The predicted octanol–water partition coefficient (Wildman–Crippen LogP) is 0.860. The summed E-state index contributed by atoms with van der Waals surface area (Å²) in [6.45, 7) is 4.86. The van der Waals surface area contributed by atoms with Gasteiger partial charge in [0.15, 0.2) is 0 Å². The highest BCUT2D eigenvalue weighted by atomic mass is 16.5. The van der Waals surface area contributed by atoms with Crippen LogP contribution in [0.1, 0.15) is 22.6 Å². The molecule has 19 heavy (non-hydrogen) atoms. The van der Waals surface area contributed by atoms with Gasteiger partial charge in [-0.15, -0.1) is 0 Å². The lowest BCUT2D eigenvalue weighted by molar-refractivity contribution is 0.108. The topological polar surface area (TPSA) is 72.8 Å². The Morgan fingerprint density at radius 2 is 2.16 bits per heavy atom. The lowest BCUT2D eigenvalue weighted by Crippen LogP contribution is -2.24. The summed E-state index contributed by atoms with van der Waals surface area (Å²) in [5.41, 5.74) is 4.15. The van der Waals surface area contributed by atoms with E-state index in [-0.39, 0.29) is 5.56 Å². The summed E-state index contributed by atoms with van der Waals surface area (Å²) in [4.78, 5) is 19.5. The molecule has 0 amide bonds. The monoisotopic (exact) mass is 260 g/mol. The molecule has 1 aliphatic rings. The van der Waals surface area contributed by atoms with Crippen LogP contribution in [0.25, 0.3) is 11.4 Å². The molecule has 6 nitrogen and oxygen atoms in total. The fourth-order valence-corrected chi connectivity index (χ4v) is 2.48. The van der Waals surface area contributed by atoms with Crippen LogP contribution in [-0.2, 0) is 24.8 Å². The fourth-order valence-electron chi connectivity index (χ4n) is 2.48. The Kier molecular flexibility index (Phi) is 2.74. The van der Waals surface area contributed by atoms with E-state index in [2.05, 4.69) is 15.1 Å². The van der Waals surface area contributed by atoms with Crippen molar-refractivity contribution in [1.29, 1.82) is 0 Å². The first kappa shape index (κ1) is 12.1. The number of aromatic nitrogens is 4. The molecule has 0 aromatic carbocycles. The van der Waals surface area contributed by atoms with Crippen LogP contribution in [0, 0.1) is 13.8 Å². The number of hydrogen-bond donors (Lipinski definition) is 1. The van der Waals surface area contributed by atoms with E-state index in [1.54, 1.807) is 4.68 Å². The van der Waals surface area contributed by atoms with Crippen molar-refractivity contribution in [2.24, 2.45) is 7.05 Å². The number of hydrogen-bond acceptors (Lipinski definition) is 4. The van der Waals surface area contributed by atoms with Gasteiger partial charge in [0.1, 0.15) is 5.82 Å². The van der Waals surface area contributed by atoms with E-state index in [4.69, 9.17) is 4.74 Å². The number of H-pyrrole nitrogens is 1. The maximum Gasteiger partial charge on any atom is 0.256 e. The van der Waals surface area contributed by atoms with E-state index < -0.39 is 0 Å². The molecule has 0 aliphatic carbocycles. The van der Waals surface area contributed by atoms with Crippen molar-refractivity contribution in [3.05, 3.63) is 33.0 Å². The number of fused-ring (bicyclic) bond motifs is 1. The second-order valence-electron chi connectivity index (χ2n) is 4.81. The predicted molar refractivity (Wildman–Crippen MR) is 69.9 cm³/mol. The molecule has 3 heterocycles. The minimum absolute atomic E-state index is 0.109. The number of ether oxygens (including phenoxy) is 1. The molecule has 1 N–H and O–H groups in total. The Hall–Kier alpha value is -1.95. The van der Waals surface area contributed by atoms with E-state index in [9.17, 15) is 4.79 Å². The van der Waals surface area contributed by atoms with Gasteiger partial charge in [-0.3, -0.25) is 9.48 Å². The first-order valence-corrected chi connectivity index (χ1v) is 6.28. The van der Waals surface area contributed by atoms with Crippen LogP contribution in [-0.4, -0.2) is 26.4 Å². The number of nitrogens with one attached hydrogen (secondary N) is 1. The Morgan fingerprint density at radius 3 is 2.84 bits per heavy atom. The van der Waals surface area contributed by atoms with E-state index in [1.807, 2.05) is 20.9 Å². The zero-order chi connectivity index (χ0) is 13.6. The summed E-state index contributed by atoms with van der Waals surface area (Å²) in [6, 6.07) is 0. The minimum atomic E-state index is -0.109. The van der Waals surface area contributed by atoms with E-state index >= 15 is 0 Å². The summed E-state index contributed by atoms with van der Waals surface area (Å²) < 4.78 is 7.10. The highest BCUT2D eigenvalue weighted by Gasteiger charge is 2.19. The van der Waals surface area contributed by atoms with Crippen LogP contribution in [0.5, 0.6) is 0 Å². The number of nitrogens with zero attached hydrogens (tertiary/aromatic N) is 3. The maximum absolute atomic E-state index is 12.1. The largest absolute Gasteiger partial charge is 0.376 e. The molecule has 6 heteroatoms. The number of aryl methyl sites for hydroxylation is 2. The van der Waals surface area contributed by atoms with Crippen molar-refractivity contribution < 1.29 is 4.74 Å². The summed E-state index contributed by atoms with van der Waals surface area (Å²) in [5.74, 6) is 0.605. The van der Waals surface area contributed by atoms with Crippen molar-refractivity contribution >= 4 is 0 Å². The molecular formula is C13H16N4O2. The molecule has 2 aromatic heterocycles. The Labute approximate surface area is 110 Å². The smallest absolute Gasteiger partial charge is 0.256 e. The Balaban J connectivity index is 2.21. The number of aromatic amines is 1. The van der Waals surface area contributed by atoms with Crippen molar-refractivity contribution in [3.63, 3.8) is 0 Å². The third-order valence-corrected chi connectivity index (χ3v) is 3.58. The van der Waals surface area contributed by atoms with E-state index in [1.165, 1.54) is 0 Å². The average molecular weight is 260 g/mol. The van der Waals surface area contributed by atoms with Gasteiger partial charge >= 0.3 is 0 Å². The van der Waals surface area contributed by atoms with Crippen molar-refractivity contribution in [2.75, 3.05) is 6.61 Å². The van der Waals surface area contributed by atoms with Gasteiger partial charge in [0.2, 0.25) is 0 Å². The summed E-state index contributed by atoms with van der Waals surface area (Å²) >= 11 is 0. The lowest BCUT2D eigenvalue weighted by Gasteiger charge is -2.15. The molecule has 0 saturated heterocycles. The molecule has 0 spiro atoms. The van der Waals surface area contributed by atoms with Crippen molar-refractivity contribution in [1.82, 2.24) is 19.7 Å². The number of rotatable bonds is 1. The molecule has 0 atom stereocenters. The molecule has 0 saturated carbocycles. The van der Waals surface area contributed by atoms with Gasteiger partial charge in [-0.05, 0) is 13.8 Å². The SMILES string of the molecule is Cc1nn(C)c(C)c1-c1nc2c(c(=O)[nH]1)COCC2. The average Bonchev–Trinajstić information content (AvgIpc) is 2.63. The molecule has 0 radical (unpaired) electrons. The minimum Gasteiger partial charge on any atom is -0.376 e. The second-order valence-corrected chi connectivity index (χ2v) is 4.81. The van der Waals surface area contributed by atoms with Gasteiger partial charge < -0.3 is 9.72 Å². The Morgan fingerprint density at radius 1 is 1.37 bits per heavy atom. The molecule has 0 unspecified atom stereocenters. The molecule has 1 aliphatic heterocycles. The van der Waals surface area contributed by atoms with Crippen LogP contribution >= 0.6 is 0 Å². The van der Waals surface area contributed by atoms with Gasteiger partial charge in [-0.2, -0.15) is 5.10 Å². The standard InChI is InChI=1S/C13H16N4O2/c1-7-11(8(2)17(3)16-7)12-14-10-4-5-19-6-9(10)13(18)15-12/h4-6H2,1-3H3,(H,14,15,18). The Bertz CT molecular complexity index is 699. The first-order valence-electron chi connectivity index (χ1n) is 6.28. The maximum atomic E-state index is 12.1. The highest BCUT2D eigenvalue weighted by molar-refractivity contribution is 5.61. The molecule has 3 rings (SSSR count). The third-order valence-electron chi connectivity index (χ3n) is 3.58. The van der Waals surface area contributed by atoms with Crippen molar-refractivity contribution in [3.8, 4) is 11.4 Å². The third kappa shape index (κ3) is 1.88. The molecular weight excluding hydrogens is 244 g/mol.